The van der Waals surface area contributed by atoms with Gasteiger partial charge in [0.05, 0.1) is 32.4 Å². The molecule has 0 bridgehead atoms. The zero-order valence-electron chi connectivity index (χ0n) is 12.8. The number of Topliss-reactive ketones (excluding diaryl/α,β-unsaturated/α-hetero) is 1. The highest BCUT2D eigenvalue weighted by Gasteiger charge is 2.19. The van der Waals surface area contributed by atoms with E-state index in [1.807, 2.05) is 6.92 Å². The maximum absolute atomic E-state index is 12.9. The van der Waals surface area contributed by atoms with Crippen molar-refractivity contribution >= 4 is 5.78 Å². The molecule has 23 heavy (non-hydrogen) atoms. The number of nitrogens with zero attached hydrogens (tertiary/aromatic N) is 2. The van der Waals surface area contributed by atoms with E-state index in [-0.39, 0.29) is 12.2 Å². The summed E-state index contributed by atoms with van der Waals surface area (Å²) in [6, 6.07) is 6.22. The first-order valence-electron chi connectivity index (χ1n) is 7.43. The van der Waals surface area contributed by atoms with Crippen molar-refractivity contribution in [1.82, 2.24) is 9.97 Å². The molecular formula is C17H17FN2O3. The molecule has 1 saturated heterocycles. The van der Waals surface area contributed by atoms with Gasteiger partial charge in [0.25, 0.3) is 0 Å². The average Bonchev–Trinajstić information content (AvgIpc) is 2.47. The van der Waals surface area contributed by atoms with E-state index in [1.54, 1.807) is 12.1 Å². The molecule has 0 N–H and O–H groups in total. The van der Waals surface area contributed by atoms with Gasteiger partial charge in [0.1, 0.15) is 17.3 Å². The molecule has 0 radical (unpaired) electrons. The normalized spacial score (nSPS) is 14.3. The van der Waals surface area contributed by atoms with E-state index in [9.17, 15) is 9.18 Å². The molecule has 2 aromatic rings. The van der Waals surface area contributed by atoms with E-state index in [0.717, 1.165) is 6.20 Å². The van der Waals surface area contributed by atoms with Crippen LogP contribution in [0.1, 0.15) is 21.9 Å². The van der Waals surface area contributed by atoms with Gasteiger partial charge in [0.15, 0.2) is 5.78 Å². The number of hydrogen-bond acceptors (Lipinski definition) is 5. The lowest BCUT2D eigenvalue weighted by atomic mass is 10.1. The largest absolute Gasteiger partial charge is 0.493 e. The molecule has 0 atom stereocenters. The number of hydrogen-bond donors (Lipinski definition) is 0. The number of carbonyl (C=O) groups is 1. The number of aryl methyl sites for hydroxylation is 1. The van der Waals surface area contributed by atoms with Crippen LogP contribution in [0.25, 0.3) is 0 Å². The fraction of sp³-hybridized carbons (Fsp3) is 0.353. The third kappa shape index (κ3) is 4.10. The Bertz CT molecular complexity index is 699. The van der Waals surface area contributed by atoms with Gasteiger partial charge in [-0.25, -0.2) is 9.37 Å². The van der Waals surface area contributed by atoms with E-state index in [1.165, 1.54) is 12.1 Å². The van der Waals surface area contributed by atoms with E-state index >= 15 is 0 Å². The van der Waals surface area contributed by atoms with Gasteiger partial charge in [-0.3, -0.25) is 9.78 Å². The molecule has 5 nitrogen and oxygen atoms in total. The Hall–Kier alpha value is -2.34. The van der Waals surface area contributed by atoms with Crippen LogP contribution in [0.3, 0.4) is 0 Å². The van der Waals surface area contributed by atoms with Gasteiger partial charge < -0.3 is 9.47 Å². The van der Waals surface area contributed by atoms with Crippen LogP contribution in [0.15, 0.2) is 30.5 Å². The van der Waals surface area contributed by atoms with Crippen molar-refractivity contribution in [2.24, 2.45) is 5.92 Å². The summed E-state index contributed by atoms with van der Waals surface area (Å²) in [5.74, 6) is 0.432. The van der Waals surface area contributed by atoms with Gasteiger partial charge in [-0.15, -0.1) is 0 Å². The van der Waals surface area contributed by atoms with Crippen molar-refractivity contribution in [3.63, 3.8) is 0 Å². The van der Waals surface area contributed by atoms with Gasteiger partial charge in [0.2, 0.25) is 0 Å². The molecule has 3 heterocycles. The summed E-state index contributed by atoms with van der Waals surface area (Å²) in [4.78, 5) is 20.5. The summed E-state index contributed by atoms with van der Waals surface area (Å²) in [5.41, 5.74) is 1.55. The molecule has 0 unspecified atom stereocenters. The van der Waals surface area contributed by atoms with Gasteiger partial charge in [-0.2, -0.15) is 0 Å². The number of pyridine rings is 2. The lowest BCUT2D eigenvalue weighted by molar-refractivity contribution is -0.0508. The predicted molar refractivity (Wildman–Crippen MR) is 81.0 cm³/mol. The number of halogens is 1. The first-order chi connectivity index (χ1) is 11.1. The summed E-state index contributed by atoms with van der Waals surface area (Å²) in [5, 5.41) is 0. The van der Waals surface area contributed by atoms with E-state index in [2.05, 4.69) is 9.97 Å². The molecule has 2 aromatic heterocycles. The minimum atomic E-state index is -0.425. The second kappa shape index (κ2) is 6.83. The summed E-state index contributed by atoms with van der Waals surface area (Å²) in [6.07, 6.45) is 1.17. The highest BCUT2D eigenvalue weighted by molar-refractivity contribution is 5.95. The number of ketones is 1. The van der Waals surface area contributed by atoms with Crippen molar-refractivity contribution in [3.05, 3.63) is 53.4 Å². The highest BCUT2D eigenvalue weighted by atomic mass is 19.1. The van der Waals surface area contributed by atoms with Crippen molar-refractivity contribution < 1.29 is 18.7 Å². The SMILES string of the molecule is Cc1cc(OCC2COC2)cc(C(=O)Cc2ccc(F)cn2)n1. The molecule has 0 amide bonds. The van der Waals surface area contributed by atoms with Crippen LogP contribution in [0.2, 0.25) is 0 Å². The fourth-order valence-electron chi connectivity index (χ4n) is 2.22. The second-order valence-electron chi connectivity index (χ2n) is 5.61. The maximum Gasteiger partial charge on any atom is 0.187 e. The van der Waals surface area contributed by atoms with Crippen LogP contribution in [-0.4, -0.2) is 35.6 Å². The van der Waals surface area contributed by atoms with Crippen LogP contribution < -0.4 is 4.74 Å². The molecule has 1 fully saturated rings. The van der Waals surface area contributed by atoms with Crippen LogP contribution in [0.4, 0.5) is 4.39 Å². The van der Waals surface area contributed by atoms with Crippen molar-refractivity contribution in [2.45, 2.75) is 13.3 Å². The molecular weight excluding hydrogens is 299 g/mol. The van der Waals surface area contributed by atoms with Gasteiger partial charge in [0, 0.05) is 29.4 Å². The smallest absolute Gasteiger partial charge is 0.187 e. The number of ether oxygens (including phenoxy) is 2. The van der Waals surface area contributed by atoms with Crippen molar-refractivity contribution in [1.29, 1.82) is 0 Å². The van der Waals surface area contributed by atoms with Crippen molar-refractivity contribution in [3.8, 4) is 5.75 Å². The maximum atomic E-state index is 12.9. The molecule has 120 valence electrons. The zero-order valence-corrected chi connectivity index (χ0v) is 12.8. The Morgan fingerprint density at radius 2 is 2.22 bits per heavy atom. The third-order valence-electron chi connectivity index (χ3n) is 3.54. The van der Waals surface area contributed by atoms with Crippen LogP contribution in [-0.2, 0) is 11.2 Å². The molecule has 6 heteroatoms. The quantitative estimate of drug-likeness (QED) is 0.766. The van der Waals surface area contributed by atoms with Gasteiger partial charge >= 0.3 is 0 Å². The number of aromatic nitrogens is 2. The Kier molecular flexibility index (Phi) is 4.62. The molecule has 1 aliphatic rings. The lowest BCUT2D eigenvalue weighted by Gasteiger charge is -2.25. The minimum Gasteiger partial charge on any atom is -0.493 e. The topological polar surface area (TPSA) is 61.3 Å². The van der Waals surface area contributed by atoms with Crippen LogP contribution in [0.5, 0.6) is 5.75 Å². The molecule has 0 saturated carbocycles. The molecule has 3 rings (SSSR count). The van der Waals surface area contributed by atoms with E-state index in [0.29, 0.717) is 48.6 Å². The molecule has 0 spiro atoms. The number of rotatable bonds is 6. The molecule has 1 aliphatic heterocycles. The Labute approximate surface area is 133 Å². The summed E-state index contributed by atoms with van der Waals surface area (Å²) in [6.45, 7) is 3.81. The highest BCUT2D eigenvalue weighted by Crippen LogP contribution is 2.18. The summed E-state index contributed by atoms with van der Waals surface area (Å²) in [7, 11) is 0. The standard InChI is InChI=1S/C17H17FN2O3/c1-11-4-15(23-10-12-8-22-9-12)6-16(20-11)17(21)5-14-3-2-13(18)7-19-14/h2-4,6-7,12H,5,8-10H2,1H3. The monoisotopic (exact) mass is 316 g/mol. The van der Waals surface area contributed by atoms with E-state index in [4.69, 9.17) is 9.47 Å². The molecule has 0 aliphatic carbocycles. The van der Waals surface area contributed by atoms with Gasteiger partial charge in [-0.05, 0) is 19.1 Å². The van der Waals surface area contributed by atoms with Crippen LogP contribution in [0, 0.1) is 18.7 Å². The average molecular weight is 316 g/mol. The summed E-state index contributed by atoms with van der Waals surface area (Å²) >= 11 is 0. The Morgan fingerprint density at radius 3 is 2.87 bits per heavy atom. The zero-order chi connectivity index (χ0) is 16.2. The fourth-order valence-corrected chi connectivity index (χ4v) is 2.22. The minimum absolute atomic E-state index is 0.0760. The van der Waals surface area contributed by atoms with Crippen LogP contribution >= 0.6 is 0 Å². The predicted octanol–water partition coefficient (Wildman–Crippen LogP) is 2.37. The Balaban J connectivity index is 1.68. The van der Waals surface area contributed by atoms with E-state index < -0.39 is 5.82 Å². The third-order valence-corrected chi connectivity index (χ3v) is 3.54. The summed E-state index contributed by atoms with van der Waals surface area (Å²) < 4.78 is 23.7. The first-order valence-corrected chi connectivity index (χ1v) is 7.43. The number of carbonyl (C=O) groups excluding carboxylic acids is 1. The second-order valence-corrected chi connectivity index (χ2v) is 5.61. The lowest BCUT2D eigenvalue weighted by Crippen LogP contribution is -2.32. The van der Waals surface area contributed by atoms with Gasteiger partial charge in [-0.1, -0.05) is 0 Å². The molecule has 0 aromatic carbocycles. The van der Waals surface area contributed by atoms with Crippen molar-refractivity contribution in [2.75, 3.05) is 19.8 Å². The first kappa shape index (κ1) is 15.6. The Morgan fingerprint density at radius 1 is 1.39 bits per heavy atom.